The Balaban J connectivity index is 1.04. The summed E-state index contributed by atoms with van der Waals surface area (Å²) in [6.45, 7) is 0. The molecule has 0 saturated heterocycles. The molecule has 3 heterocycles. The van der Waals surface area contributed by atoms with Gasteiger partial charge >= 0.3 is 0 Å². The third kappa shape index (κ3) is 5.52. The van der Waals surface area contributed by atoms with Gasteiger partial charge in [0.1, 0.15) is 5.58 Å². The lowest BCUT2D eigenvalue weighted by Gasteiger charge is -2.13. The van der Waals surface area contributed by atoms with Crippen molar-refractivity contribution in [3.05, 3.63) is 206 Å². The van der Waals surface area contributed by atoms with Crippen molar-refractivity contribution in [1.29, 1.82) is 0 Å². The zero-order valence-electron chi connectivity index (χ0n) is 32.3. The molecule has 3 aromatic heterocycles. The topological polar surface area (TPSA) is 56.7 Å². The van der Waals surface area contributed by atoms with Crippen molar-refractivity contribution in [3.63, 3.8) is 0 Å². The molecule has 0 unspecified atom stereocenters. The Hall–Kier alpha value is -8.15. The first kappa shape index (κ1) is 33.9. The van der Waals surface area contributed by atoms with Crippen LogP contribution in [0.5, 0.6) is 0 Å². The summed E-state index contributed by atoms with van der Waals surface area (Å²) in [6.07, 6.45) is 0. The number of hydrogen-bond donors (Lipinski definition) is 0. The van der Waals surface area contributed by atoms with Gasteiger partial charge in [-0.3, -0.25) is 0 Å². The highest BCUT2D eigenvalue weighted by atomic mass is 16.3. The van der Waals surface area contributed by atoms with Crippen LogP contribution in [0.4, 0.5) is 0 Å². The molecule has 0 fully saturated rings. The van der Waals surface area contributed by atoms with Crippen LogP contribution < -0.4 is 0 Å². The molecule has 0 atom stereocenters. The second kappa shape index (κ2) is 13.8. The first-order valence-corrected chi connectivity index (χ1v) is 20.2. The van der Waals surface area contributed by atoms with Gasteiger partial charge in [-0.15, -0.1) is 0 Å². The Bertz CT molecular complexity index is 3520. The van der Waals surface area contributed by atoms with E-state index >= 15 is 0 Å². The third-order valence-corrected chi connectivity index (χ3v) is 11.7. The molecule has 0 saturated carbocycles. The number of hydrogen-bond acceptors (Lipinski definition) is 4. The fourth-order valence-electron chi connectivity index (χ4n) is 8.83. The van der Waals surface area contributed by atoms with E-state index in [-0.39, 0.29) is 0 Å². The second-order valence-electron chi connectivity index (χ2n) is 15.2. The molecule has 0 aliphatic rings. The van der Waals surface area contributed by atoms with Gasteiger partial charge in [0.2, 0.25) is 0 Å². The van der Waals surface area contributed by atoms with Crippen LogP contribution in [0, 0.1) is 0 Å². The van der Waals surface area contributed by atoms with Crippen LogP contribution in [-0.2, 0) is 0 Å². The molecule has 9 aromatic carbocycles. The molecule has 0 N–H and O–H groups in total. The summed E-state index contributed by atoms with van der Waals surface area (Å²) in [5.41, 5.74) is 12.3. The molecular formula is C55H34N4O. The number of fused-ring (bicyclic) bond motifs is 8. The fraction of sp³-hybridized carbons (Fsp3) is 0. The molecule has 0 aliphatic heterocycles. The van der Waals surface area contributed by atoms with Crippen molar-refractivity contribution in [2.45, 2.75) is 0 Å². The monoisotopic (exact) mass is 766 g/mol. The number of para-hydroxylation sites is 1. The second-order valence-corrected chi connectivity index (χ2v) is 15.2. The Morgan fingerprint density at radius 3 is 1.57 bits per heavy atom. The number of aromatic nitrogens is 4. The van der Waals surface area contributed by atoms with E-state index in [9.17, 15) is 0 Å². The zero-order valence-corrected chi connectivity index (χ0v) is 32.3. The third-order valence-electron chi connectivity index (χ3n) is 11.7. The zero-order chi connectivity index (χ0) is 39.6. The van der Waals surface area contributed by atoms with E-state index in [0.717, 1.165) is 66.5 Å². The summed E-state index contributed by atoms with van der Waals surface area (Å²) in [4.78, 5) is 14.8. The lowest BCUT2D eigenvalue weighted by molar-refractivity contribution is 0.666. The highest BCUT2D eigenvalue weighted by Gasteiger charge is 2.22. The van der Waals surface area contributed by atoms with Gasteiger partial charge in [0.25, 0.3) is 0 Å². The standard InChI is InChI=1S/C55H34N4O/c1-4-14-35(15-5-1)41-29-31-46-45(34-41)50-42-21-11-10-16-36(42)28-32-47(50)59(46)48-33-30-43(51-44-22-12-13-23-49(44)60-52(48)51)37-24-26-40(27-25-37)55-57-53(38-17-6-2-7-18-38)56-54(58-55)39-19-8-3-9-20-39/h1-34H. The van der Waals surface area contributed by atoms with E-state index in [1.807, 2.05) is 66.7 Å². The maximum atomic E-state index is 6.90. The van der Waals surface area contributed by atoms with E-state index in [2.05, 4.69) is 144 Å². The summed E-state index contributed by atoms with van der Waals surface area (Å²) >= 11 is 0. The maximum absolute atomic E-state index is 6.90. The van der Waals surface area contributed by atoms with E-state index in [1.165, 1.54) is 32.7 Å². The van der Waals surface area contributed by atoms with E-state index in [0.29, 0.717) is 17.5 Å². The average molecular weight is 767 g/mol. The minimum atomic E-state index is 0.623. The quantitative estimate of drug-likeness (QED) is 0.169. The van der Waals surface area contributed by atoms with Crippen LogP contribution in [-0.4, -0.2) is 19.5 Å². The van der Waals surface area contributed by atoms with Gasteiger partial charge in [-0.1, -0.05) is 176 Å². The molecule has 0 radical (unpaired) electrons. The van der Waals surface area contributed by atoms with Gasteiger partial charge in [-0.05, 0) is 63.4 Å². The minimum absolute atomic E-state index is 0.623. The molecule has 5 nitrogen and oxygen atoms in total. The van der Waals surface area contributed by atoms with Crippen molar-refractivity contribution in [3.8, 4) is 62.1 Å². The molecule has 280 valence electrons. The van der Waals surface area contributed by atoms with Crippen LogP contribution >= 0.6 is 0 Å². The minimum Gasteiger partial charge on any atom is -0.454 e. The molecule has 60 heavy (non-hydrogen) atoms. The first-order valence-electron chi connectivity index (χ1n) is 20.2. The van der Waals surface area contributed by atoms with Gasteiger partial charge in [-0.25, -0.2) is 15.0 Å². The number of rotatable bonds is 6. The Morgan fingerprint density at radius 1 is 0.350 bits per heavy atom. The predicted octanol–water partition coefficient (Wildman–Crippen LogP) is 14.4. The van der Waals surface area contributed by atoms with E-state index in [4.69, 9.17) is 19.4 Å². The van der Waals surface area contributed by atoms with E-state index < -0.39 is 0 Å². The number of nitrogens with zero attached hydrogens (tertiary/aromatic N) is 4. The summed E-state index contributed by atoms with van der Waals surface area (Å²) in [7, 11) is 0. The molecule has 0 spiro atoms. The van der Waals surface area contributed by atoms with Gasteiger partial charge in [0.05, 0.1) is 16.7 Å². The maximum Gasteiger partial charge on any atom is 0.164 e. The van der Waals surface area contributed by atoms with Crippen molar-refractivity contribution >= 4 is 54.5 Å². The SMILES string of the molecule is c1ccc(-c2ccc3c(c2)c2c4ccccc4ccc2n3-c2ccc(-c3ccc(-c4nc(-c5ccccc5)nc(-c5ccccc5)n4)cc3)c3c2oc2ccccc23)cc1. The first-order chi connectivity index (χ1) is 29.7. The molecule has 12 aromatic rings. The van der Waals surface area contributed by atoms with Crippen molar-refractivity contribution < 1.29 is 4.42 Å². The van der Waals surface area contributed by atoms with Crippen LogP contribution in [0.15, 0.2) is 211 Å². The van der Waals surface area contributed by atoms with Crippen LogP contribution in [0.2, 0.25) is 0 Å². The van der Waals surface area contributed by atoms with Gasteiger partial charge in [-0.2, -0.15) is 0 Å². The van der Waals surface area contributed by atoms with Gasteiger partial charge in [0.15, 0.2) is 23.1 Å². The summed E-state index contributed by atoms with van der Waals surface area (Å²) < 4.78 is 9.29. The smallest absolute Gasteiger partial charge is 0.164 e. The van der Waals surface area contributed by atoms with Crippen molar-refractivity contribution in [1.82, 2.24) is 19.5 Å². The fourth-order valence-corrected chi connectivity index (χ4v) is 8.83. The Morgan fingerprint density at radius 2 is 0.883 bits per heavy atom. The molecule has 0 amide bonds. The van der Waals surface area contributed by atoms with E-state index in [1.54, 1.807) is 0 Å². The average Bonchev–Trinajstić information content (AvgIpc) is 3.88. The number of furan rings is 1. The summed E-state index contributed by atoms with van der Waals surface area (Å²) in [5.74, 6) is 1.90. The molecule has 0 bridgehead atoms. The lowest BCUT2D eigenvalue weighted by atomic mass is 9.97. The molecule has 0 aliphatic carbocycles. The summed E-state index contributed by atoms with van der Waals surface area (Å²) in [6, 6.07) is 72.2. The predicted molar refractivity (Wildman–Crippen MR) is 246 cm³/mol. The largest absolute Gasteiger partial charge is 0.454 e. The lowest BCUT2D eigenvalue weighted by Crippen LogP contribution is -2.00. The molecule has 5 heteroatoms. The Kier molecular flexibility index (Phi) is 7.78. The van der Waals surface area contributed by atoms with Crippen LogP contribution in [0.3, 0.4) is 0 Å². The van der Waals surface area contributed by atoms with Crippen LogP contribution in [0.1, 0.15) is 0 Å². The van der Waals surface area contributed by atoms with Gasteiger partial charge < -0.3 is 8.98 Å². The Labute approximate surface area is 345 Å². The molecular weight excluding hydrogens is 733 g/mol. The highest BCUT2D eigenvalue weighted by molar-refractivity contribution is 6.23. The normalized spacial score (nSPS) is 11.7. The summed E-state index contributed by atoms with van der Waals surface area (Å²) in [5, 5.41) is 7.03. The number of benzene rings is 9. The highest BCUT2D eigenvalue weighted by Crippen LogP contribution is 2.44. The van der Waals surface area contributed by atoms with Gasteiger partial charge in [0, 0.05) is 38.2 Å². The van der Waals surface area contributed by atoms with Crippen molar-refractivity contribution in [2.75, 3.05) is 0 Å². The van der Waals surface area contributed by atoms with Crippen molar-refractivity contribution in [2.24, 2.45) is 0 Å². The molecule has 12 rings (SSSR count). The van der Waals surface area contributed by atoms with Crippen LogP contribution in [0.25, 0.3) is 117 Å².